The van der Waals surface area contributed by atoms with Crippen LogP contribution in [0, 0.1) is 0 Å². The van der Waals surface area contributed by atoms with Gasteiger partial charge >= 0.3 is 17.3 Å². The predicted octanol–water partition coefficient (Wildman–Crippen LogP) is 1.27. The van der Waals surface area contributed by atoms with E-state index in [4.69, 9.17) is 16.7 Å². The fourth-order valence-corrected chi connectivity index (χ4v) is 1.67. The van der Waals surface area contributed by atoms with Crippen molar-refractivity contribution in [2.75, 3.05) is 5.32 Å². The highest BCUT2D eigenvalue weighted by Crippen LogP contribution is 2.17. The molecule has 1 rings (SSSR count). The van der Waals surface area contributed by atoms with Gasteiger partial charge in [0.05, 0.1) is 0 Å². The number of hydrogen-bond acceptors (Lipinski definition) is 7. The second-order valence-corrected chi connectivity index (χ2v) is 3.97. The zero-order valence-corrected chi connectivity index (χ0v) is 10.4. The van der Waals surface area contributed by atoms with E-state index in [0.29, 0.717) is 0 Å². The maximum Gasteiger partial charge on any atom is 0.360 e. The molecule has 0 radical (unpaired) electrons. The largest absolute Gasteiger partial charge is 0.476 e. The molecule has 0 spiro atoms. The second-order valence-electron chi connectivity index (χ2n) is 2.76. The minimum atomic E-state index is -1.43. The Hall–Kier alpha value is -2.00. The Morgan fingerprint density at radius 3 is 2.72 bits per heavy atom. The second kappa shape index (κ2) is 6.07. The molecule has 0 aliphatic heterocycles. The van der Waals surface area contributed by atoms with Gasteiger partial charge in [-0.3, -0.25) is 10.1 Å². The van der Waals surface area contributed by atoms with Crippen molar-refractivity contribution in [3.8, 4) is 0 Å². The van der Waals surface area contributed by atoms with Crippen molar-refractivity contribution < 1.29 is 24.3 Å². The third-order valence-electron chi connectivity index (χ3n) is 1.42. The molecule has 0 aromatic carbocycles. The van der Waals surface area contributed by atoms with Gasteiger partial charge in [0.25, 0.3) is 0 Å². The van der Waals surface area contributed by atoms with Crippen LogP contribution in [0.1, 0.15) is 12.6 Å². The van der Waals surface area contributed by atoms with Crippen LogP contribution in [0.5, 0.6) is 0 Å². The van der Waals surface area contributed by atoms with Crippen LogP contribution in [-0.4, -0.2) is 33.1 Å². The monoisotopic (exact) mass is 291 g/mol. The highest BCUT2D eigenvalue weighted by atomic mass is 35.5. The van der Waals surface area contributed by atoms with Crippen molar-refractivity contribution in [3.05, 3.63) is 11.1 Å². The van der Waals surface area contributed by atoms with Crippen molar-refractivity contribution in [1.29, 1.82) is 0 Å². The third-order valence-corrected chi connectivity index (χ3v) is 2.27. The number of nitrogens with zero attached hydrogens (tertiary/aromatic N) is 2. The number of amides is 1. The van der Waals surface area contributed by atoms with E-state index in [0.717, 1.165) is 18.3 Å². The van der Waals surface area contributed by atoms with Crippen LogP contribution in [0.2, 0.25) is 0 Å². The van der Waals surface area contributed by atoms with E-state index in [1.54, 1.807) is 0 Å². The number of aromatic nitrogens is 1. The lowest BCUT2D eigenvalue weighted by Gasteiger charge is -1.96. The maximum absolute atomic E-state index is 10.9. The Morgan fingerprint density at radius 1 is 1.56 bits per heavy atom. The molecule has 0 saturated heterocycles. The lowest BCUT2D eigenvalue weighted by Crippen LogP contribution is -2.16. The van der Waals surface area contributed by atoms with Crippen LogP contribution in [0.15, 0.2) is 10.5 Å². The number of nitrogens with one attached hydrogen (secondary N) is 1. The van der Waals surface area contributed by atoms with Crippen LogP contribution in [0.4, 0.5) is 9.93 Å². The first kappa shape index (κ1) is 14.1. The lowest BCUT2D eigenvalue weighted by molar-refractivity contribution is -0.141. The molecule has 0 fully saturated rings. The van der Waals surface area contributed by atoms with Crippen molar-refractivity contribution in [2.45, 2.75) is 6.92 Å². The summed E-state index contributed by atoms with van der Waals surface area (Å²) in [4.78, 5) is 39.9. The molecule has 1 aromatic heterocycles. The molecule has 0 aliphatic carbocycles. The Morgan fingerprint density at radius 2 is 2.22 bits per heavy atom. The van der Waals surface area contributed by atoms with E-state index in [1.807, 2.05) is 0 Å². The molecule has 2 N–H and O–H groups in total. The topological polar surface area (TPSA) is 118 Å². The van der Waals surface area contributed by atoms with Gasteiger partial charge in [-0.2, -0.15) is 0 Å². The van der Waals surface area contributed by atoms with Gasteiger partial charge in [-0.05, 0) is 11.6 Å². The van der Waals surface area contributed by atoms with Gasteiger partial charge < -0.3 is 9.94 Å². The molecule has 10 heteroatoms. The van der Waals surface area contributed by atoms with Crippen molar-refractivity contribution in [2.24, 2.45) is 5.16 Å². The maximum atomic E-state index is 10.9. The van der Waals surface area contributed by atoms with Crippen LogP contribution >= 0.6 is 22.9 Å². The first-order valence-corrected chi connectivity index (χ1v) is 5.57. The molecule has 96 valence electrons. The predicted molar refractivity (Wildman–Crippen MR) is 62.9 cm³/mol. The lowest BCUT2D eigenvalue weighted by atomic mass is 10.3. The summed E-state index contributed by atoms with van der Waals surface area (Å²) in [6.45, 7) is 1.07. The molecule has 0 bridgehead atoms. The van der Waals surface area contributed by atoms with Gasteiger partial charge in [-0.15, -0.1) is 11.3 Å². The minimum Gasteiger partial charge on any atom is -0.476 e. The Kier molecular flexibility index (Phi) is 4.75. The average Bonchev–Trinajstić information content (AvgIpc) is 2.64. The minimum absolute atomic E-state index is 0.0610. The quantitative estimate of drug-likeness (QED) is 0.283. The highest BCUT2D eigenvalue weighted by molar-refractivity contribution is 7.14. The summed E-state index contributed by atoms with van der Waals surface area (Å²) in [5.41, 5.74) is -0.620. The normalized spacial score (nSPS) is 10.9. The summed E-state index contributed by atoms with van der Waals surface area (Å²) in [6.07, 6.45) is 0. The fourth-order valence-electron chi connectivity index (χ4n) is 0.829. The number of oxime groups is 1. The van der Waals surface area contributed by atoms with E-state index in [1.165, 1.54) is 5.38 Å². The number of carboxylic acids is 1. The molecular weight excluding hydrogens is 286 g/mol. The van der Waals surface area contributed by atoms with E-state index in [2.05, 4.69) is 20.3 Å². The molecular formula is C8H6ClN3O5S. The molecule has 1 amide bonds. The van der Waals surface area contributed by atoms with E-state index in [-0.39, 0.29) is 10.8 Å². The number of thiazole rings is 1. The van der Waals surface area contributed by atoms with Crippen molar-refractivity contribution in [1.82, 2.24) is 4.98 Å². The average molecular weight is 292 g/mol. The molecule has 0 atom stereocenters. The zero-order valence-electron chi connectivity index (χ0n) is 8.84. The highest BCUT2D eigenvalue weighted by Gasteiger charge is 2.18. The van der Waals surface area contributed by atoms with Crippen LogP contribution in [0.3, 0.4) is 0 Å². The summed E-state index contributed by atoms with van der Waals surface area (Å²) in [7, 11) is 0. The van der Waals surface area contributed by atoms with Gasteiger partial charge in [-0.25, -0.2) is 14.6 Å². The molecule has 18 heavy (non-hydrogen) atoms. The number of carboxylic acid groups (broad SMARTS) is 1. The SMILES string of the molecule is CC(=O)ON=C(C(=O)O)c1csc(NC(=O)Cl)n1. The van der Waals surface area contributed by atoms with Crippen LogP contribution in [0.25, 0.3) is 0 Å². The standard InChI is InChI=1S/C8H6ClN3O5S/c1-3(13)17-12-5(6(14)15)4-2-18-8(10-4)11-7(9)16/h2H,1H3,(H,14,15)(H,10,11,16). The van der Waals surface area contributed by atoms with E-state index in [9.17, 15) is 14.4 Å². The number of rotatable bonds is 4. The van der Waals surface area contributed by atoms with E-state index >= 15 is 0 Å². The third kappa shape index (κ3) is 4.11. The van der Waals surface area contributed by atoms with Gasteiger partial charge in [0.15, 0.2) is 5.13 Å². The summed E-state index contributed by atoms with van der Waals surface area (Å²) < 4.78 is 0. The number of carbonyl (C=O) groups excluding carboxylic acids is 2. The van der Waals surface area contributed by atoms with Gasteiger partial charge in [-0.1, -0.05) is 5.16 Å². The smallest absolute Gasteiger partial charge is 0.360 e. The Bertz CT molecular complexity index is 527. The number of aliphatic carboxylic acids is 1. The molecule has 0 unspecified atom stereocenters. The number of anilines is 1. The number of hydrogen-bond donors (Lipinski definition) is 2. The summed E-state index contributed by atoms with van der Waals surface area (Å²) in [5.74, 6) is -2.19. The summed E-state index contributed by atoms with van der Waals surface area (Å²) in [5, 5.41) is 14.7. The molecule has 1 aromatic rings. The van der Waals surface area contributed by atoms with Gasteiger partial charge in [0.2, 0.25) is 5.71 Å². The van der Waals surface area contributed by atoms with Crippen molar-refractivity contribution >= 4 is 51.1 Å². The molecule has 8 nitrogen and oxygen atoms in total. The van der Waals surface area contributed by atoms with Crippen LogP contribution < -0.4 is 5.32 Å². The number of halogens is 1. The zero-order chi connectivity index (χ0) is 13.7. The fraction of sp³-hybridized carbons (Fsp3) is 0.125. The van der Waals surface area contributed by atoms with Gasteiger partial charge in [0.1, 0.15) is 5.69 Å². The number of carbonyl (C=O) groups is 3. The summed E-state index contributed by atoms with van der Waals surface area (Å²) in [6, 6.07) is 0. The molecule has 0 aliphatic rings. The Labute approximate surface area is 109 Å². The van der Waals surface area contributed by atoms with Crippen LogP contribution in [-0.2, 0) is 14.4 Å². The van der Waals surface area contributed by atoms with Gasteiger partial charge in [0, 0.05) is 12.3 Å². The Balaban J connectivity index is 2.96. The van der Waals surface area contributed by atoms with Crippen molar-refractivity contribution in [3.63, 3.8) is 0 Å². The van der Waals surface area contributed by atoms with E-state index < -0.39 is 23.0 Å². The summed E-state index contributed by atoms with van der Waals surface area (Å²) >= 11 is 6.01. The molecule has 0 saturated carbocycles. The first-order valence-electron chi connectivity index (χ1n) is 4.31. The first-order chi connectivity index (χ1) is 8.40. The molecule has 1 heterocycles.